The molecule has 0 aliphatic carbocycles. The largest absolute Gasteiger partial charge is 0.456 e. The maximum Gasteiger partial charge on any atom is 0.136 e. The minimum atomic E-state index is -0.442. The van der Waals surface area contributed by atoms with E-state index < -0.39 is 24.2 Å². The van der Waals surface area contributed by atoms with Crippen LogP contribution in [0.5, 0.6) is 0 Å². The van der Waals surface area contributed by atoms with Gasteiger partial charge in [-0.3, -0.25) is 0 Å². The summed E-state index contributed by atoms with van der Waals surface area (Å²) in [7, 11) is 0. The topological polar surface area (TPSA) is 13.1 Å². The van der Waals surface area contributed by atoms with Crippen molar-refractivity contribution >= 4 is 75.8 Å². The van der Waals surface area contributed by atoms with Crippen LogP contribution in [0.4, 0.5) is 0 Å². The third kappa shape index (κ3) is 4.22. The molecule has 11 rings (SSSR count). The second-order valence-electron chi connectivity index (χ2n) is 13.0. The van der Waals surface area contributed by atoms with Gasteiger partial charge in [-0.05, 0) is 112 Å². The highest BCUT2D eigenvalue weighted by Gasteiger charge is 2.21. The molecule has 0 N–H and O–H groups in total. The minimum absolute atomic E-state index is 0.161. The van der Waals surface area contributed by atoms with Gasteiger partial charge in [-0.1, -0.05) is 158 Å². The quantitative estimate of drug-likeness (QED) is 0.173. The molecular formula is C50H30O. The number of benzene rings is 10. The molecule has 236 valence electrons. The third-order valence-electron chi connectivity index (χ3n) is 10.2. The van der Waals surface area contributed by atoms with Crippen molar-refractivity contribution in [2.45, 2.75) is 0 Å². The Hall–Kier alpha value is -6.70. The van der Waals surface area contributed by atoms with Crippen LogP contribution in [0.1, 0.15) is 11.0 Å². The van der Waals surface area contributed by atoms with Crippen molar-refractivity contribution in [1.82, 2.24) is 0 Å². The van der Waals surface area contributed by atoms with E-state index in [1.54, 1.807) is 0 Å². The van der Waals surface area contributed by atoms with E-state index in [1.807, 2.05) is 115 Å². The van der Waals surface area contributed by atoms with E-state index in [4.69, 9.17) is 9.90 Å². The summed E-state index contributed by atoms with van der Waals surface area (Å²) in [4.78, 5) is 0. The van der Waals surface area contributed by atoms with Gasteiger partial charge in [0.25, 0.3) is 0 Å². The van der Waals surface area contributed by atoms with Crippen molar-refractivity contribution in [2.75, 3.05) is 0 Å². The summed E-state index contributed by atoms with van der Waals surface area (Å²) >= 11 is 0. The Kier molecular flexibility index (Phi) is 4.57. The molecule has 0 bridgehead atoms. The number of hydrogen-bond acceptors (Lipinski definition) is 1. The van der Waals surface area contributed by atoms with Gasteiger partial charge in [0.1, 0.15) is 11.2 Å². The van der Waals surface area contributed by atoms with Crippen molar-refractivity contribution in [3.05, 3.63) is 182 Å². The zero-order chi connectivity index (χ0) is 40.4. The lowest BCUT2D eigenvalue weighted by Gasteiger charge is -2.19. The van der Waals surface area contributed by atoms with Crippen molar-refractivity contribution in [3.8, 4) is 33.4 Å². The predicted molar refractivity (Wildman–Crippen MR) is 218 cm³/mol. The van der Waals surface area contributed by atoms with E-state index in [-0.39, 0.29) is 51.3 Å². The average Bonchev–Trinajstić information content (AvgIpc) is 3.67. The Morgan fingerprint density at radius 3 is 1.63 bits per heavy atom. The number of fused-ring (bicyclic) bond motifs is 10. The summed E-state index contributed by atoms with van der Waals surface area (Å²) in [5.41, 5.74) is 5.02. The fraction of sp³-hybridized carbons (Fsp3) is 0. The van der Waals surface area contributed by atoms with Crippen LogP contribution < -0.4 is 0 Å². The minimum Gasteiger partial charge on any atom is -0.456 e. The number of furan rings is 1. The van der Waals surface area contributed by atoms with E-state index in [0.29, 0.717) is 27.9 Å². The Morgan fingerprint density at radius 1 is 0.353 bits per heavy atom. The first-order valence-corrected chi connectivity index (χ1v) is 16.9. The molecule has 51 heavy (non-hydrogen) atoms. The van der Waals surface area contributed by atoms with Gasteiger partial charge in [0.2, 0.25) is 0 Å². The molecule has 0 atom stereocenters. The first-order chi connectivity index (χ1) is 28.6. The normalized spacial score (nSPS) is 14.1. The maximum atomic E-state index is 9.55. The van der Waals surface area contributed by atoms with Crippen LogP contribution in [0.3, 0.4) is 0 Å². The zero-order valence-electron chi connectivity index (χ0n) is 35.1. The molecule has 1 heterocycles. The summed E-state index contributed by atoms with van der Waals surface area (Å²) in [6, 6.07) is 40.7. The molecule has 1 aromatic heterocycles. The molecule has 0 amide bonds. The van der Waals surface area contributed by atoms with Crippen molar-refractivity contribution in [2.24, 2.45) is 0 Å². The fourth-order valence-electron chi connectivity index (χ4n) is 8.00. The van der Waals surface area contributed by atoms with Gasteiger partial charge in [-0.25, -0.2) is 0 Å². The number of rotatable bonds is 3. The van der Waals surface area contributed by atoms with Crippen LogP contribution >= 0.6 is 0 Å². The summed E-state index contributed by atoms with van der Waals surface area (Å²) in [6.45, 7) is 0. The van der Waals surface area contributed by atoms with Gasteiger partial charge in [0.05, 0.1) is 11.0 Å². The van der Waals surface area contributed by atoms with Gasteiger partial charge in [0.15, 0.2) is 0 Å². The Morgan fingerprint density at radius 2 is 0.902 bits per heavy atom. The second kappa shape index (κ2) is 10.9. The molecule has 0 aliphatic heterocycles. The predicted octanol–water partition coefficient (Wildman–Crippen LogP) is 14.4. The molecule has 0 saturated heterocycles. The van der Waals surface area contributed by atoms with E-state index >= 15 is 0 Å². The van der Waals surface area contributed by atoms with Crippen LogP contribution in [0, 0.1) is 0 Å². The molecule has 0 spiro atoms. The van der Waals surface area contributed by atoms with Crippen LogP contribution in [0.15, 0.2) is 186 Å². The summed E-state index contributed by atoms with van der Waals surface area (Å²) in [5, 5.41) is 7.97. The Balaban J connectivity index is 1.32. The lowest BCUT2D eigenvalue weighted by atomic mass is 9.84. The molecule has 11 aromatic rings. The number of hydrogen-bond donors (Lipinski definition) is 0. The van der Waals surface area contributed by atoms with Gasteiger partial charge in [0, 0.05) is 10.8 Å². The fourth-order valence-corrected chi connectivity index (χ4v) is 8.00. The van der Waals surface area contributed by atoms with E-state index in [9.17, 15) is 5.48 Å². The van der Waals surface area contributed by atoms with Crippen molar-refractivity contribution in [1.29, 1.82) is 0 Å². The van der Waals surface area contributed by atoms with Crippen molar-refractivity contribution in [3.63, 3.8) is 0 Å². The van der Waals surface area contributed by atoms with Gasteiger partial charge >= 0.3 is 0 Å². The lowest BCUT2D eigenvalue weighted by molar-refractivity contribution is 0.669. The zero-order valence-corrected chi connectivity index (χ0v) is 27.1. The van der Waals surface area contributed by atoms with Crippen LogP contribution in [0.2, 0.25) is 0 Å². The first-order valence-electron chi connectivity index (χ1n) is 20.9. The van der Waals surface area contributed by atoms with E-state index in [0.717, 1.165) is 54.2 Å². The van der Waals surface area contributed by atoms with Crippen LogP contribution in [-0.2, 0) is 0 Å². The molecular weight excluding hydrogens is 617 g/mol. The van der Waals surface area contributed by atoms with E-state index in [1.165, 1.54) is 0 Å². The van der Waals surface area contributed by atoms with E-state index in [2.05, 4.69) is 18.2 Å². The first kappa shape index (κ1) is 21.4. The molecule has 0 aliphatic rings. The molecule has 0 saturated carbocycles. The molecule has 1 heteroatoms. The Labute approximate surface area is 305 Å². The molecule has 0 unspecified atom stereocenters. The SMILES string of the molecule is [2H]c1c([2H])c([2H])c2c(-c3cc4oc5ccc6ccccc6c5c4c4ccccc34)c3c([2H])c([2H])c([2H])c([2H])c3c(-c3ccc4cc(-c5ccccc5)ccc4c3)c2c1[2H]. The standard InChI is InChI=1S/C50H30O/c1-2-12-31(13-3-1)33-22-23-35-29-36(25-24-34(35)28-33)47-40-18-8-10-20-42(40)48(43-21-11-9-19-41(43)47)44-30-46-50(39-17-7-6-16-38(39)44)49-37-15-5-4-14-32(37)26-27-45(49)51-46/h1-30H/i8D,9D,10D,11D,18D,19D,20D,21D. The second-order valence-corrected chi connectivity index (χ2v) is 13.0. The van der Waals surface area contributed by atoms with Gasteiger partial charge in [-0.2, -0.15) is 0 Å². The van der Waals surface area contributed by atoms with Crippen LogP contribution in [0.25, 0.3) is 109 Å². The highest BCUT2D eigenvalue weighted by molar-refractivity contribution is 6.31. The molecule has 10 aromatic carbocycles. The highest BCUT2D eigenvalue weighted by Crippen LogP contribution is 2.48. The van der Waals surface area contributed by atoms with Gasteiger partial charge < -0.3 is 4.42 Å². The van der Waals surface area contributed by atoms with Gasteiger partial charge in [-0.15, -0.1) is 0 Å². The summed E-state index contributed by atoms with van der Waals surface area (Å²) < 4.78 is 80.5. The lowest BCUT2D eigenvalue weighted by Crippen LogP contribution is -1.92. The van der Waals surface area contributed by atoms with Crippen LogP contribution in [-0.4, -0.2) is 0 Å². The molecule has 1 nitrogen and oxygen atoms in total. The highest BCUT2D eigenvalue weighted by atomic mass is 16.3. The van der Waals surface area contributed by atoms with Crippen molar-refractivity contribution < 1.29 is 15.4 Å². The monoisotopic (exact) mass is 654 g/mol. The average molecular weight is 655 g/mol. The molecule has 0 radical (unpaired) electrons. The smallest absolute Gasteiger partial charge is 0.136 e. The summed E-state index contributed by atoms with van der Waals surface area (Å²) in [6.07, 6.45) is 0. The Bertz CT molecular complexity index is 3570. The molecule has 0 fully saturated rings. The third-order valence-corrected chi connectivity index (χ3v) is 10.2. The summed E-state index contributed by atoms with van der Waals surface area (Å²) in [5.74, 6) is 0. The maximum absolute atomic E-state index is 9.55.